The summed E-state index contributed by atoms with van der Waals surface area (Å²) in [5.74, 6) is 0. The van der Waals surface area contributed by atoms with Crippen molar-refractivity contribution in [1.82, 2.24) is 0 Å². The van der Waals surface area contributed by atoms with Gasteiger partial charge in [-0.15, -0.1) is 12.0 Å². The van der Waals surface area contributed by atoms with Crippen LogP contribution in [0.15, 0.2) is 48.5 Å². The van der Waals surface area contributed by atoms with Crippen molar-refractivity contribution in [2.45, 2.75) is 26.4 Å². The molecular weight excluding hydrogens is 244 g/mol. The third-order valence-electron chi connectivity index (χ3n) is 3.61. The fraction of sp³-hybridized carbons (Fsp3) is 0.222. The van der Waals surface area contributed by atoms with Crippen LogP contribution in [0.4, 0.5) is 0 Å². The highest BCUT2D eigenvalue weighted by Crippen LogP contribution is 2.14. The van der Waals surface area contributed by atoms with Crippen LogP contribution >= 0.6 is 0 Å². The Morgan fingerprint density at radius 1 is 1.00 bits per heavy atom. The van der Waals surface area contributed by atoms with Crippen molar-refractivity contribution in [3.05, 3.63) is 65.2 Å². The van der Waals surface area contributed by atoms with Crippen LogP contribution in [0.5, 0.6) is 0 Å². The van der Waals surface area contributed by atoms with Crippen molar-refractivity contribution in [1.29, 1.82) is 0 Å². The van der Waals surface area contributed by atoms with Crippen LogP contribution in [0.3, 0.4) is 0 Å². The minimum absolute atomic E-state index is 1.01. The van der Waals surface area contributed by atoms with Gasteiger partial charge in [0.25, 0.3) is 0 Å². The fourth-order valence-corrected chi connectivity index (χ4v) is 4.97. The van der Waals surface area contributed by atoms with Crippen molar-refractivity contribution in [3.8, 4) is 12.0 Å². The maximum absolute atomic E-state index is 5.89. The molecule has 0 amide bonds. The van der Waals surface area contributed by atoms with E-state index in [-0.39, 0.29) is 0 Å². The fourth-order valence-electron chi connectivity index (χ4n) is 2.46. The van der Waals surface area contributed by atoms with E-state index in [4.69, 9.17) is 6.42 Å². The van der Waals surface area contributed by atoms with E-state index in [0.29, 0.717) is 0 Å². The van der Waals surface area contributed by atoms with Gasteiger partial charge in [-0.25, -0.2) is 0 Å². The second-order valence-corrected chi connectivity index (χ2v) is 9.40. The van der Waals surface area contributed by atoms with Gasteiger partial charge in [-0.3, -0.25) is 0 Å². The van der Waals surface area contributed by atoms with Crippen molar-refractivity contribution >= 4 is 13.3 Å². The smallest absolute Gasteiger partial charge is 0.129 e. The van der Waals surface area contributed by atoms with Gasteiger partial charge in [0.15, 0.2) is 8.07 Å². The van der Waals surface area contributed by atoms with Crippen molar-refractivity contribution in [2.75, 3.05) is 0 Å². The molecule has 19 heavy (non-hydrogen) atoms. The van der Waals surface area contributed by atoms with E-state index in [1.807, 2.05) is 0 Å². The first-order chi connectivity index (χ1) is 9.03. The molecule has 96 valence electrons. The van der Waals surface area contributed by atoms with E-state index in [0.717, 1.165) is 6.04 Å². The van der Waals surface area contributed by atoms with Crippen LogP contribution in [-0.4, -0.2) is 8.07 Å². The quantitative estimate of drug-likeness (QED) is 0.587. The summed E-state index contributed by atoms with van der Waals surface area (Å²) in [5.41, 5.74) is 7.07. The van der Waals surface area contributed by atoms with E-state index >= 15 is 0 Å². The summed E-state index contributed by atoms with van der Waals surface area (Å²) in [6.07, 6.45) is 5.89. The molecule has 0 radical (unpaired) electrons. The lowest BCUT2D eigenvalue weighted by molar-refractivity contribution is 1.30. The maximum Gasteiger partial charge on any atom is 0.169 e. The molecule has 0 nitrogen and oxygen atoms in total. The zero-order chi connectivity index (χ0) is 13.9. The Balaban J connectivity index is 2.36. The normalized spacial score (nSPS) is 13.6. The average molecular weight is 264 g/mol. The van der Waals surface area contributed by atoms with Gasteiger partial charge in [0.2, 0.25) is 0 Å². The summed E-state index contributed by atoms with van der Waals surface area (Å²) in [6, 6.07) is 18.4. The lowest BCUT2D eigenvalue weighted by atomic mass is 10.2. The zero-order valence-corrected chi connectivity index (χ0v) is 12.9. The van der Waals surface area contributed by atoms with E-state index in [1.165, 1.54) is 21.9 Å². The van der Waals surface area contributed by atoms with Gasteiger partial charge >= 0.3 is 0 Å². The Kier molecular flexibility index (Phi) is 3.92. The van der Waals surface area contributed by atoms with Gasteiger partial charge in [-0.1, -0.05) is 66.2 Å². The topological polar surface area (TPSA) is 0 Å². The minimum atomic E-state index is -1.87. The monoisotopic (exact) mass is 264 g/mol. The third kappa shape index (κ3) is 3.16. The predicted octanol–water partition coefficient (Wildman–Crippen LogP) is 3.54. The average Bonchev–Trinajstić information content (AvgIpc) is 2.38. The van der Waals surface area contributed by atoms with Gasteiger partial charge in [0.05, 0.1) is 0 Å². The predicted molar refractivity (Wildman–Crippen MR) is 86.1 cm³/mol. The molecule has 0 aromatic heterocycles. The number of benzene rings is 2. The lowest BCUT2D eigenvalue weighted by Crippen LogP contribution is -2.46. The molecular formula is C18H20Si. The van der Waals surface area contributed by atoms with Crippen LogP contribution in [0, 0.1) is 25.8 Å². The van der Waals surface area contributed by atoms with Crippen LogP contribution in [0.2, 0.25) is 6.55 Å². The molecule has 1 unspecified atom stereocenters. The highest BCUT2D eigenvalue weighted by molar-refractivity contribution is 6.96. The standard InChI is InChI=1S/C18H20Si/c1-5-19(4,18-11-7-9-16(3)13-18)14-17-10-6-8-15(2)12-17/h1,6-13H,14H2,2-4H3. The molecule has 2 aromatic rings. The number of hydrogen-bond acceptors (Lipinski definition) is 0. The Hall–Kier alpha value is -1.78. The lowest BCUT2D eigenvalue weighted by Gasteiger charge is -2.22. The molecule has 0 aliphatic rings. The number of terminal acetylenes is 1. The molecule has 0 aliphatic carbocycles. The third-order valence-corrected chi connectivity index (χ3v) is 6.95. The molecule has 0 fully saturated rings. The molecule has 0 spiro atoms. The first-order valence-corrected chi connectivity index (χ1v) is 9.35. The van der Waals surface area contributed by atoms with Gasteiger partial charge < -0.3 is 0 Å². The van der Waals surface area contributed by atoms with E-state index in [2.05, 4.69) is 74.5 Å². The molecule has 2 aromatic carbocycles. The van der Waals surface area contributed by atoms with Crippen LogP contribution < -0.4 is 5.19 Å². The Labute approximate surface area is 117 Å². The molecule has 0 heterocycles. The SMILES string of the molecule is C#C[Si](C)(Cc1cccc(C)c1)c1cccc(C)c1. The van der Waals surface area contributed by atoms with Gasteiger partial charge in [-0.2, -0.15) is 0 Å². The molecule has 1 atom stereocenters. The zero-order valence-electron chi connectivity index (χ0n) is 11.9. The highest BCUT2D eigenvalue weighted by atomic mass is 28.3. The van der Waals surface area contributed by atoms with Crippen molar-refractivity contribution in [2.24, 2.45) is 0 Å². The summed E-state index contributed by atoms with van der Waals surface area (Å²) < 4.78 is 0. The summed E-state index contributed by atoms with van der Waals surface area (Å²) in [7, 11) is -1.87. The first kappa shape index (κ1) is 13.6. The maximum atomic E-state index is 5.89. The van der Waals surface area contributed by atoms with Crippen molar-refractivity contribution in [3.63, 3.8) is 0 Å². The Bertz CT molecular complexity index is 622. The molecule has 2 rings (SSSR count). The molecule has 0 saturated carbocycles. The summed E-state index contributed by atoms with van der Waals surface area (Å²) in [6.45, 7) is 6.54. The van der Waals surface area contributed by atoms with Crippen LogP contribution in [-0.2, 0) is 6.04 Å². The summed E-state index contributed by atoms with van der Waals surface area (Å²) >= 11 is 0. The molecule has 1 heteroatoms. The van der Waals surface area contributed by atoms with Gasteiger partial charge in [-0.05, 0) is 30.6 Å². The largest absolute Gasteiger partial charge is 0.169 e. The Morgan fingerprint density at radius 3 is 2.21 bits per heavy atom. The molecule has 0 bridgehead atoms. The summed E-state index contributed by atoms with van der Waals surface area (Å²) in [5, 5.41) is 1.36. The second-order valence-electron chi connectivity index (χ2n) is 5.51. The minimum Gasteiger partial charge on any atom is -0.129 e. The van der Waals surface area contributed by atoms with E-state index in [9.17, 15) is 0 Å². The van der Waals surface area contributed by atoms with Gasteiger partial charge in [0, 0.05) is 0 Å². The Morgan fingerprint density at radius 2 is 1.63 bits per heavy atom. The molecule has 0 N–H and O–H groups in total. The van der Waals surface area contributed by atoms with E-state index < -0.39 is 8.07 Å². The number of hydrogen-bond donors (Lipinski definition) is 0. The first-order valence-electron chi connectivity index (χ1n) is 6.64. The van der Waals surface area contributed by atoms with Crippen LogP contribution in [0.1, 0.15) is 16.7 Å². The van der Waals surface area contributed by atoms with E-state index in [1.54, 1.807) is 0 Å². The second kappa shape index (κ2) is 5.46. The van der Waals surface area contributed by atoms with Crippen molar-refractivity contribution < 1.29 is 0 Å². The number of aryl methyl sites for hydroxylation is 2. The highest BCUT2D eigenvalue weighted by Gasteiger charge is 2.27. The summed E-state index contributed by atoms with van der Waals surface area (Å²) in [4.78, 5) is 0. The molecule has 0 aliphatic heterocycles. The molecule has 0 saturated heterocycles. The van der Waals surface area contributed by atoms with Crippen LogP contribution in [0.25, 0.3) is 0 Å². The number of rotatable bonds is 3. The van der Waals surface area contributed by atoms with Gasteiger partial charge in [0.1, 0.15) is 0 Å².